The summed E-state index contributed by atoms with van der Waals surface area (Å²) < 4.78 is 6.97. The summed E-state index contributed by atoms with van der Waals surface area (Å²) in [6.45, 7) is 4.94. The molecule has 1 aromatic carbocycles. The van der Waals surface area contributed by atoms with Gasteiger partial charge in [-0.25, -0.2) is 4.79 Å². The number of hydrogen-bond acceptors (Lipinski definition) is 3. The molecule has 0 N–H and O–H groups in total. The van der Waals surface area contributed by atoms with E-state index in [1.807, 2.05) is 22.8 Å². The van der Waals surface area contributed by atoms with Crippen molar-refractivity contribution in [1.29, 1.82) is 0 Å². The summed E-state index contributed by atoms with van der Waals surface area (Å²) in [5.41, 5.74) is 0.731. The molecule has 0 saturated heterocycles. The van der Waals surface area contributed by atoms with Crippen LogP contribution in [-0.4, -0.2) is 17.1 Å². The van der Waals surface area contributed by atoms with E-state index in [1.54, 1.807) is 19.2 Å². The number of rotatable bonds is 6. The van der Waals surface area contributed by atoms with E-state index >= 15 is 0 Å². The largest absolute Gasteiger partial charge is 0.462 e. The summed E-state index contributed by atoms with van der Waals surface area (Å²) in [5, 5.41) is 0.569. The minimum atomic E-state index is -0.544. The molecule has 0 amide bonds. The van der Waals surface area contributed by atoms with Gasteiger partial charge < -0.3 is 9.30 Å². The fraction of sp³-hybridized carbons (Fsp3) is 0.412. The second kappa shape index (κ2) is 7.07. The van der Waals surface area contributed by atoms with Crippen molar-refractivity contribution in [1.82, 2.24) is 4.57 Å². The quantitative estimate of drug-likeness (QED) is 0.604. The monoisotopic (exact) mass is 287 g/mol. The Kier molecular flexibility index (Phi) is 5.14. The number of carbonyl (C=O) groups is 1. The highest BCUT2D eigenvalue weighted by molar-refractivity contribution is 5.93. The van der Waals surface area contributed by atoms with E-state index in [9.17, 15) is 9.59 Å². The van der Waals surface area contributed by atoms with E-state index in [0.717, 1.165) is 31.3 Å². The van der Waals surface area contributed by atoms with E-state index in [4.69, 9.17) is 4.74 Å². The maximum Gasteiger partial charge on any atom is 0.343 e. The normalized spacial score (nSPS) is 10.8. The number of para-hydroxylation sites is 1. The molecule has 2 rings (SSSR count). The average molecular weight is 287 g/mol. The standard InChI is InChI=1S/C17H21NO3/c1-3-5-8-11-18-12-14(17(20)21-4-2)16(19)13-9-6-7-10-15(13)18/h6-7,9-10,12H,3-5,8,11H2,1-2H3. The second-order valence-electron chi connectivity index (χ2n) is 5.01. The number of aryl methyl sites for hydroxylation is 1. The van der Waals surface area contributed by atoms with Gasteiger partial charge in [0.15, 0.2) is 0 Å². The smallest absolute Gasteiger partial charge is 0.343 e. The van der Waals surface area contributed by atoms with Gasteiger partial charge in [0.1, 0.15) is 5.56 Å². The number of carbonyl (C=O) groups excluding carboxylic acids is 1. The van der Waals surface area contributed by atoms with Gasteiger partial charge in [-0.1, -0.05) is 31.9 Å². The SMILES string of the molecule is CCCCCn1cc(C(=O)OCC)c(=O)c2ccccc21. The van der Waals surface area contributed by atoms with Crippen LogP contribution in [0.4, 0.5) is 0 Å². The van der Waals surface area contributed by atoms with Crippen molar-refractivity contribution in [3.63, 3.8) is 0 Å². The van der Waals surface area contributed by atoms with Crippen LogP contribution >= 0.6 is 0 Å². The van der Waals surface area contributed by atoms with Crippen LogP contribution in [0.3, 0.4) is 0 Å². The third-order valence-corrected chi connectivity index (χ3v) is 3.49. The highest BCUT2D eigenvalue weighted by atomic mass is 16.5. The van der Waals surface area contributed by atoms with Crippen molar-refractivity contribution >= 4 is 16.9 Å². The van der Waals surface area contributed by atoms with Crippen LogP contribution in [0.1, 0.15) is 43.5 Å². The fourth-order valence-electron chi connectivity index (χ4n) is 2.42. The number of fused-ring (bicyclic) bond motifs is 1. The number of pyridine rings is 1. The number of unbranched alkanes of at least 4 members (excludes halogenated alkanes) is 2. The number of hydrogen-bond donors (Lipinski definition) is 0. The first kappa shape index (κ1) is 15.3. The molecule has 2 aromatic rings. The van der Waals surface area contributed by atoms with Crippen molar-refractivity contribution < 1.29 is 9.53 Å². The van der Waals surface area contributed by atoms with Crippen molar-refractivity contribution in [2.75, 3.05) is 6.61 Å². The second-order valence-corrected chi connectivity index (χ2v) is 5.01. The molecule has 0 fully saturated rings. The zero-order chi connectivity index (χ0) is 15.2. The van der Waals surface area contributed by atoms with Gasteiger partial charge in [0, 0.05) is 18.1 Å². The first-order chi connectivity index (χ1) is 10.2. The van der Waals surface area contributed by atoms with Crippen molar-refractivity contribution in [2.45, 2.75) is 39.7 Å². The van der Waals surface area contributed by atoms with Crippen LogP contribution < -0.4 is 5.43 Å². The molecule has 21 heavy (non-hydrogen) atoms. The third kappa shape index (κ3) is 3.32. The van der Waals surface area contributed by atoms with Crippen molar-refractivity contribution in [3.05, 3.63) is 46.2 Å². The molecule has 0 bridgehead atoms. The van der Waals surface area contributed by atoms with E-state index in [0.29, 0.717) is 5.39 Å². The first-order valence-electron chi connectivity index (χ1n) is 7.48. The molecule has 0 aliphatic heterocycles. The Morgan fingerprint density at radius 3 is 2.67 bits per heavy atom. The number of aromatic nitrogens is 1. The van der Waals surface area contributed by atoms with Crippen LogP contribution in [0.15, 0.2) is 35.3 Å². The number of esters is 1. The maximum absolute atomic E-state index is 12.4. The summed E-state index contributed by atoms with van der Waals surface area (Å²) in [5.74, 6) is -0.544. The minimum absolute atomic E-state index is 0.118. The molecule has 0 saturated carbocycles. The Bertz CT molecular complexity index is 688. The average Bonchev–Trinajstić information content (AvgIpc) is 2.50. The van der Waals surface area contributed by atoms with Crippen LogP contribution in [0.2, 0.25) is 0 Å². The van der Waals surface area contributed by atoms with E-state index < -0.39 is 5.97 Å². The van der Waals surface area contributed by atoms with Gasteiger partial charge in [0.05, 0.1) is 12.1 Å². The zero-order valence-electron chi connectivity index (χ0n) is 12.6. The Morgan fingerprint density at radius 2 is 1.95 bits per heavy atom. The molecule has 0 aliphatic rings. The lowest BCUT2D eigenvalue weighted by molar-refractivity contribution is 0.0524. The first-order valence-corrected chi connectivity index (χ1v) is 7.48. The summed E-state index contributed by atoms with van der Waals surface area (Å²) in [6, 6.07) is 7.39. The zero-order valence-corrected chi connectivity index (χ0v) is 12.6. The lowest BCUT2D eigenvalue weighted by Crippen LogP contribution is -2.21. The van der Waals surface area contributed by atoms with E-state index in [2.05, 4.69) is 6.92 Å². The van der Waals surface area contributed by atoms with Gasteiger partial charge in [-0.05, 0) is 25.5 Å². The molecular formula is C17H21NO3. The summed E-state index contributed by atoms with van der Waals surface area (Å²) >= 11 is 0. The molecular weight excluding hydrogens is 266 g/mol. The van der Waals surface area contributed by atoms with E-state index in [-0.39, 0.29) is 17.6 Å². The highest BCUT2D eigenvalue weighted by Gasteiger charge is 2.15. The molecule has 112 valence electrons. The number of nitrogens with zero attached hydrogens (tertiary/aromatic N) is 1. The van der Waals surface area contributed by atoms with E-state index in [1.165, 1.54) is 0 Å². The van der Waals surface area contributed by atoms with Crippen LogP contribution in [0.25, 0.3) is 10.9 Å². The van der Waals surface area contributed by atoms with Gasteiger partial charge in [0.25, 0.3) is 0 Å². The lowest BCUT2D eigenvalue weighted by atomic mass is 10.1. The minimum Gasteiger partial charge on any atom is -0.462 e. The third-order valence-electron chi connectivity index (χ3n) is 3.49. The number of benzene rings is 1. The lowest BCUT2D eigenvalue weighted by Gasteiger charge is -2.12. The molecule has 1 heterocycles. The highest BCUT2D eigenvalue weighted by Crippen LogP contribution is 2.13. The van der Waals surface area contributed by atoms with Gasteiger partial charge in [-0.2, -0.15) is 0 Å². The van der Waals surface area contributed by atoms with Crippen molar-refractivity contribution in [3.8, 4) is 0 Å². The Morgan fingerprint density at radius 1 is 1.19 bits per heavy atom. The summed E-state index contributed by atoms with van der Waals surface area (Å²) in [7, 11) is 0. The van der Waals surface area contributed by atoms with Crippen LogP contribution in [0.5, 0.6) is 0 Å². The van der Waals surface area contributed by atoms with Gasteiger partial charge >= 0.3 is 5.97 Å². The molecule has 4 heteroatoms. The summed E-state index contributed by atoms with van der Waals surface area (Å²) in [6.07, 6.45) is 4.90. The number of ether oxygens (including phenoxy) is 1. The van der Waals surface area contributed by atoms with Gasteiger partial charge in [-0.3, -0.25) is 4.79 Å². The molecule has 0 atom stereocenters. The Balaban J connectivity index is 2.52. The molecule has 0 unspecified atom stereocenters. The predicted octanol–water partition coefficient (Wildman–Crippen LogP) is 3.37. The predicted molar refractivity (Wildman–Crippen MR) is 83.7 cm³/mol. The van der Waals surface area contributed by atoms with Crippen molar-refractivity contribution in [2.24, 2.45) is 0 Å². The molecule has 1 aromatic heterocycles. The molecule has 4 nitrogen and oxygen atoms in total. The van der Waals surface area contributed by atoms with Gasteiger partial charge in [0.2, 0.25) is 5.43 Å². The molecule has 0 aliphatic carbocycles. The Hall–Kier alpha value is -2.10. The van der Waals surface area contributed by atoms with Crippen LogP contribution in [-0.2, 0) is 11.3 Å². The topological polar surface area (TPSA) is 48.3 Å². The maximum atomic E-state index is 12.4. The van der Waals surface area contributed by atoms with Crippen LogP contribution in [0, 0.1) is 0 Å². The van der Waals surface area contributed by atoms with Gasteiger partial charge in [-0.15, -0.1) is 0 Å². The Labute approximate surface area is 124 Å². The fourth-order valence-corrected chi connectivity index (χ4v) is 2.42. The summed E-state index contributed by atoms with van der Waals surface area (Å²) in [4.78, 5) is 24.4. The molecule has 0 radical (unpaired) electrons. The molecule has 0 spiro atoms.